The lowest BCUT2D eigenvalue weighted by atomic mass is 10.1. The van der Waals surface area contributed by atoms with Gasteiger partial charge in [0.05, 0.1) is 5.69 Å². The fraction of sp³-hybridized carbons (Fsp3) is 0.118. The second-order valence-corrected chi connectivity index (χ2v) is 6.33. The summed E-state index contributed by atoms with van der Waals surface area (Å²) in [6.45, 7) is 0.707. The van der Waals surface area contributed by atoms with Crippen molar-refractivity contribution in [2.75, 3.05) is 17.7 Å². The zero-order chi connectivity index (χ0) is 16.1. The van der Waals surface area contributed by atoms with Crippen molar-refractivity contribution in [3.8, 4) is 0 Å². The van der Waals surface area contributed by atoms with Gasteiger partial charge in [-0.3, -0.25) is 15.2 Å². The third-order valence-corrected chi connectivity index (χ3v) is 4.41. The van der Waals surface area contributed by atoms with Crippen molar-refractivity contribution >= 4 is 45.6 Å². The van der Waals surface area contributed by atoms with Crippen molar-refractivity contribution in [1.82, 2.24) is 0 Å². The fourth-order valence-corrected chi connectivity index (χ4v) is 3.00. The van der Waals surface area contributed by atoms with Crippen LogP contribution in [0.4, 0.5) is 5.69 Å². The minimum atomic E-state index is -0.168. The van der Waals surface area contributed by atoms with Crippen molar-refractivity contribution in [2.24, 2.45) is 10.1 Å². The van der Waals surface area contributed by atoms with Crippen LogP contribution in [0.5, 0.6) is 0 Å². The minimum absolute atomic E-state index is 0.168. The Morgan fingerprint density at radius 2 is 1.87 bits per heavy atom. The Morgan fingerprint density at radius 3 is 2.52 bits per heavy atom. The quantitative estimate of drug-likeness (QED) is 0.504. The van der Waals surface area contributed by atoms with Crippen molar-refractivity contribution < 1.29 is 4.79 Å². The van der Waals surface area contributed by atoms with Gasteiger partial charge in [-0.15, -0.1) is 11.8 Å². The second kappa shape index (κ2) is 7.44. The topological polar surface area (TPSA) is 53.8 Å². The van der Waals surface area contributed by atoms with Crippen LogP contribution in [0.15, 0.2) is 64.7 Å². The molecule has 0 saturated heterocycles. The molecule has 0 atom stereocenters. The highest BCUT2D eigenvalue weighted by molar-refractivity contribution is 8.16. The highest BCUT2D eigenvalue weighted by Crippen LogP contribution is 2.18. The summed E-state index contributed by atoms with van der Waals surface area (Å²) in [6.07, 6.45) is 0. The summed E-state index contributed by atoms with van der Waals surface area (Å²) in [7, 11) is 0. The third kappa shape index (κ3) is 4.00. The number of para-hydroxylation sites is 1. The van der Waals surface area contributed by atoms with Crippen LogP contribution in [-0.4, -0.2) is 28.8 Å². The first-order chi connectivity index (χ1) is 11.2. The largest absolute Gasteiger partial charge is 0.287 e. The van der Waals surface area contributed by atoms with Crippen molar-refractivity contribution in [3.63, 3.8) is 0 Å². The van der Waals surface area contributed by atoms with Gasteiger partial charge in [0.1, 0.15) is 5.04 Å². The van der Waals surface area contributed by atoms with Gasteiger partial charge in [-0.2, -0.15) is 5.10 Å². The van der Waals surface area contributed by atoms with E-state index in [1.165, 1.54) is 0 Å². The fourth-order valence-electron chi connectivity index (χ4n) is 2.05. The average molecular weight is 344 g/mol. The Morgan fingerprint density at radius 1 is 1.13 bits per heavy atom. The number of carbonyl (C=O) groups excluding carboxylic acids is 1. The molecule has 3 rings (SSSR count). The normalized spacial score (nSPS) is 14.5. The Labute approximate surface area is 143 Å². The van der Waals surface area contributed by atoms with Crippen molar-refractivity contribution in [3.05, 3.63) is 65.2 Å². The molecular formula is C17H14ClN3OS. The summed E-state index contributed by atoms with van der Waals surface area (Å²) < 4.78 is 0. The number of anilines is 1. The number of aliphatic imine (C=N–C) groups is 1. The molecule has 1 aliphatic rings. The molecule has 0 bridgehead atoms. The summed E-state index contributed by atoms with van der Waals surface area (Å²) in [6, 6.07) is 16.3. The summed E-state index contributed by atoms with van der Waals surface area (Å²) in [4.78, 5) is 17.1. The van der Waals surface area contributed by atoms with Crippen LogP contribution in [0.2, 0.25) is 5.02 Å². The number of ketones is 1. The molecule has 2 aromatic rings. The van der Waals surface area contributed by atoms with Gasteiger partial charge in [-0.05, 0) is 36.4 Å². The first-order valence-electron chi connectivity index (χ1n) is 7.11. The first kappa shape index (κ1) is 15.8. The number of halogens is 1. The maximum atomic E-state index is 12.8. The lowest BCUT2D eigenvalue weighted by Crippen LogP contribution is -2.23. The summed E-state index contributed by atoms with van der Waals surface area (Å²) in [5.41, 5.74) is 4.62. The molecule has 0 amide bonds. The van der Waals surface area contributed by atoms with Crippen LogP contribution in [0.25, 0.3) is 0 Å². The number of nitrogens with one attached hydrogen (secondary N) is 1. The molecule has 23 heavy (non-hydrogen) atoms. The molecule has 1 heterocycles. The Kier molecular flexibility index (Phi) is 5.10. The van der Waals surface area contributed by atoms with Gasteiger partial charge in [0.2, 0.25) is 5.78 Å². The van der Waals surface area contributed by atoms with Gasteiger partial charge in [-0.25, -0.2) is 0 Å². The Bertz CT molecular complexity index is 757. The number of hydrazone groups is 1. The van der Waals surface area contributed by atoms with Crippen LogP contribution >= 0.6 is 23.4 Å². The number of carbonyl (C=O) groups is 1. The summed E-state index contributed by atoms with van der Waals surface area (Å²) in [5.74, 6) is 0.700. The molecule has 0 radical (unpaired) electrons. The lowest BCUT2D eigenvalue weighted by molar-refractivity contribution is 0.106. The van der Waals surface area contributed by atoms with Gasteiger partial charge in [-0.1, -0.05) is 29.8 Å². The van der Waals surface area contributed by atoms with E-state index in [0.29, 0.717) is 27.9 Å². The first-order valence-corrected chi connectivity index (χ1v) is 8.47. The highest BCUT2D eigenvalue weighted by atomic mass is 35.5. The van der Waals surface area contributed by atoms with E-state index >= 15 is 0 Å². The van der Waals surface area contributed by atoms with Crippen LogP contribution in [-0.2, 0) is 0 Å². The van der Waals surface area contributed by atoms with Gasteiger partial charge < -0.3 is 0 Å². The lowest BCUT2D eigenvalue weighted by Gasteiger charge is -2.07. The van der Waals surface area contributed by atoms with E-state index in [1.807, 2.05) is 30.3 Å². The van der Waals surface area contributed by atoms with E-state index in [0.717, 1.165) is 11.4 Å². The Balaban J connectivity index is 1.89. The molecule has 116 valence electrons. The second-order valence-electron chi connectivity index (χ2n) is 4.81. The van der Waals surface area contributed by atoms with E-state index in [1.54, 1.807) is 36.0 Å². The zero-order valence-electron chi connectivity index (χ0n) is 12.2. The van der Waals surface area contributed by atoms with E-state index in [9.17, 15) is 4.79 Å². The maximum absolute atomic E-state index is 12.8. The van der Waals surface area contributed by atoms with E-state index < -0.39 is 0 Å². The standard InChI is InChI=1S/C17H14ClN3OS/c18-13-8-6-12(7-9-13)16(22)15(17-19-10-11-23-17)21-20-14-4-2-1-3-5-14/h1-9,20H,10-11H2/b21-15-. The summed E-state index contributed by atoms with van der Waals surface area (Å²) >= 11 is 7.43. The van der Waals surface area contributed by atoms with Crippen LogP contribution in [0.3, 0.4) is 0 Å². The van der Waals surface area contributed by atoms with Gasteiger partial charge in [0, 0.05) is 22.9 Å². The Hall–Kier alpha value is -2.11. The number of hydrogen-bond donors (Lipinski definition) is 1. The molecule has 0 fully saturated rings. The van der Waals surface area contributed by atoms with Crippen molar-refractivity contribution in [1.29, 1.82) is 0 Å². The number of thioether (sulfide) groups is 1. The predicted molar refractivity (Wildman–Crippen MR) is 98.0 cm³/mol. The molecule has 6 heteroatoms. The van der Waals surface area contributed by atoms with Crippen molar-refractivity contribution in [2.45, 2.75) is 0 Å². The van der Waals surface area contributed by atoms with E-state index in [2.05, 4.69) is 15.5 Å². The number of Topliss-reactive ketones (excluding diaryl/α,β-unsaturated/α-hetero) is 1. The molecule has 0 unspecified atom stereocenters. The monoisotopic (exact) mass is 343 g/mol. The smallest absolute Gasteiger partial charge is 0.215 e. The molecule has 0 aliphatic carbocycles. The predicted octanol–water partition coefficient (Wildman–Crippen LogP) is 4.14. The SMILES string of the molecule is O=C(/C(=N/Nc1ccccc1)C1=NCCS1)c1ccc(Cl)cc1. The molecule has 0 saturated carbocycles. The average Bonchev–Trinajstić information content (AvgIpc) is 3.11. The molecular weight excluding hydrogens is 330 g/mol. The molecule has 2 aromatic carbocycles. The molecule has 0 aromatic heterocycles. The molecule has 1 aliphatic heterocycles. The van der Waals surface area contributed by atoms with Crippen LogP contribution in [0.1, 0.15) is 10.4 Å². The minimum Gasteiger partial charge on any atom is -0.287 e. The van der Waals surface area contributed by atoms with Crippen LogP contribution < -0.4 is 5.43 Å². The zero-order valence-corrected chi connectivity index (χ0v) is 13.8. The number of nitrogens with zero attached hydrogens (tertiary/aromatic N) is 2. The molecule has 4 nitrogen and oxygen atoms in total. The van der Waals surface area contributed by atoms with Gasteiger partial charge >= 0.3 is 0 Å². The molecule has 0 spiro atoms. The number of rotatable bonds is 5. The van der Waals surface area contributed by atoms with Gasteiger partial charge in [0.15, 0.2) is 5.71 Å². The molecule has 1 N–H and O–H groups in total. The summed E-state index contributed by atoms with van der Waals surface area (Å²) in [5, 5.41) is 5.57. The number of benzene rings is 2. The third-order valence-electron chi connectivity index (χ3n) is 3.18. The van der Waals surface area contributed by atoms with E-state index in [-0.39, 0.29) is 5.78 Å². The van der Waals surface area contributed by atoms with Gasteiger partial charge in [0.25, 0.3) is 0 Å². The number of hydrogen-bond acceptors (Lipinski definition) is 5. The maximum Gasteiger partial charge on any atom is 0.215 e. The van der Waals surface area contributed by atoms with E-state index in [4.69, 9.17) is 11.6 Å². The van der Waals surface area contributed by atoms with Crippen LogP contribution in [0, 0.1) is 0 Å². The highest BCUT2D eigenvalue weighted by Gasteiger charge is 2.23.